The minimum atomic E-state index is -1.01. The average Bonchev–Trinajstić information content (AvgIpc) is 2.91. The second-order valence-corrected chi connectivity index (χ2v) is 5.88. The van der Waals surface area contributed by atoms with E-state index in [1.807, 2.05) is 12.1 Å². The zero-order chi connectivity index (χ0) is 16.4. The van der Waals surface area contributed by atoms with Crippen molar-refractivity contribution in [1.82, 2.24) is 0 Å². The van der Waals surface area contributed by atoms with Crippen LogP contribution in [0.25, 0.3) is 0 Å². The summed E-state index contributed by atoms with van der Waals surface area (Å²) in [6, 6.07) is 7.26. The lowest BCUT2D eigenvalue weighted by Gasteiger charge is -2.40. The maximum absolute atomic E-state index is 12.4. The molecule has 0 N–H and O–H groups in total. The number of ether oxygens (including phenoxy) is 3. The molecule has 1 aromatic carbocycles. The Morgan fingerprint density at radius 3 is 2.41 bits per heavy atom. The predicted molar refractivity (Wildman–Crippen MR) is 80.4 cm³/mol. The highest BCUT2D eigenvalue weighted by molar-refractivity contribution is 5.81. The fourth-order valence-corrected chi connectivity index (χ4v) is 2.92. The molecule has 0 bridgehead atoms. The lowest BCUT2D eigenvalue weighted by Crippen LogP contribution is -2.48. The van der Waals surface area contributed by atoms with Crippen LogP contribution < -0.4 is 4.74 Å². The van der Waals surface area contributed by atoms with Crippen molar-refractivity contribution in [3.8, 4) is 5.75 Å². The van der Waals surface area contributed by atoms with Gasteiger partial charge in [-0.1, -0.05) is 12.1 Å². The third-order valence-electron chi connectivity index (χ3n) is 4.32. The van der Waals surface area contributed by atoms with Gasteiger partial charge in [0.25, 0.3) is 0 Å². The Kier molecular flexibility index (Phi) is 4.44. The van der Waals surface area contributed by atoms with Gasteiger partial charge in [-0.05, 0) is 38.5 Å². The van der Waals surface area contributed by atoms with Crippen molar-refractivity contribution >= 4 is 11.9 Å². The molecule has 5 nitrogen and oxygen atoms in total. The molecule has 0 spiro atoms. The van der Waals surface area contributed by atoms with Gasteiger partial charge >= 0.3 is 11.9 Å². The lowest BCUT2D eigenvalue weighted by molar-refractivity contribution is -0.180. The van der Waals surface area contributed by atoms with E-state index in [4.69, 9.17) is 14.2 Å². The Morgan fingerprint density at radius 2 is 1.95 bits per heavy atom. The number of benzene rings is 1. The van der Waals surface area contributed by atoms with Crippen LogP contribution in [0.2, 0.25) is 0 Å². The number of hydrogen-bond donors (Lipinski definition) is 0. The Hall–Kier alpha value is -2.04. The van der Waals surface area contributed by atoms with Crippen molar-refractivity contribution in [3.05, 3.63) is 29.8 Å². The summed E-state index contributed by atoms with van der Waals surface area (Å²) in [5.74, 6) is 0.0332. The number of carbonyl (C=O) groups is 2. The number of esters is 2. The third-order valence-corrected chi connectivity index (χ3v) is 4.32. The van der Waals surface area contributed by atoms with Gasteiger partial charge in [-0.25, -0.2) is 0 Å². The molecule has 0 amide bonds. The predicted octanol–water partition coefficient (Wildman–Crippen LogP) is 2.82. The summed E-state index contributed by atoms with van der Waals surface area (Å²) in [6.45, 7) is 5.56. The summed E-state index contributed by atoms with van der Waals surface area (Å²) in [7, 11) is 1.59. The Balaban J connectivity index is 2.48. The van der Waals surface area contributed by atoms with E-state index in [0.717, 1.165) is 5.56 Å². The average molecular weight is 306 g/mol. The molecule has 0 aromatic heterocycles. The highest BCUT2D eigenvalue weighted by Gasteiger charge is 2.58. The largest absolute Gasteiger partial charge is 0.497 e. The van der Waals surface area contributed by atoms with Crippen LogP contribution in [-0.4, -0.2) is 25.7 Å². The summed E-state index contributed by atoms with van der Waals surface area (Å²) in [4.78, 5) is 24.2. The summed E-state index contributed by atoms with van der Waals surface area (Å²) < 4.78 is 16.0. The normalized spacial score (nSPS) is 21.4. The highest BCUT2D eigenvalue weighted by Crippen LogP contribution is 2.50. The second-order valence-electron chi connectivity index (χ2n) is 5.88. The van der Waals surface area contributed by atoms with Crippen molar-refractivity contribution in [3.63, 3.8) is 0 Å². The zero-order valence-corrected chi connectivity index (χ0v) is 13.5. The molecule has 1 saturated heterocycles. The molecule has 0 aliphatic carbocycles. The molecule has 1 aliphatic rings. The first-order valence-electron chi connectivity index (χ1n) is 7.41. The topological polar surface area (TPSA) is 61.8 Å². The minimum Gasteiger partial charge on any atom is -0.497 e. The molecule has 0 radical (unpaired) electrons. The van der Waals surface area contributed by atoms with Crippen LogP contribution >= 0.6 is 0 Å². The molecule has 120 valence electrons. The van der Waals surface area contributed by atoms with E-state index < -0.39 is 11.0 Å². The van der Waals surface area contributed by atoms with Crippen molar-refractivity contribution in [2.45, 2.75) is 39.2 Å². The van der Waals surface area contributed by atoms with Crippen molar-refractivity contribution in [2.75, 3.05) is 13.7 Å². The van der Waals surface area contributed by atoms with Gasteiger partial charge in [0.05, 0.1) is 13.7 Å². The van der Waals surface area contributed by atoms with Gasteiger partial charge in [-0.3, -0.25) is 9.59 Å². The Bertz CT molecular complexity index is 561. The molecule has 1 heterocycles. The molecule has 2 rings (SSSR count). The van der Waals surface area contributed by atoms with Gasteiger partial charge < -0.3 is 14.2 Å². The first kappa shape index (κ1) is 16.3. The maximum Gasteiger partial charge on any atom is 0.315 e. The third kappa shape index (κ3) is 2.56. The molecule has 1 atom stereocenters. The smallest absolute Gasteiger partial charge is 0.315 e. The van der Waals surface area contributed by atoms with Crippen LogP contribution in [0.1, 0.15) is 39.2 Å². The fraction of sp³-hybridized carbons (Fsp3) is 0.529. The number of rotatable bonds is 5. The van der Waals surface area contributed by atoms with E-state index in [9.17, 15) is 9.59 Å². The van der Waals surface area contributed by atoms with E-state index in [2.05, 4.69) is 0 Å². The quantitative estimate of drug-likeness (QED) is 0.783. The minimum absolute atomic E-state index is 0.287. The zero-order valence-electron chi connectivity index (χ0n) is 13.5. The molecule has 5 heteroatoms. The monoisotopic (exact) mass is 306 g/mol. The Labute approximate surface area is 130 Å². The summed E-state index contributed by atoms with van der Waals surface area (Å²) >= 11 is 0. The lowest BCUT2D eigenvalue weighted by atomic mass is 9.69. The number of cyclic esters (lactones) is 1. The van der Waals surface area contributed by atoms with Crippen molar-refractivity contribution in [1.29, 1.82) is 0 Å². The molecular formula is C17H22O5. The van der Waals surface area contributed by atoms with Gasteiger partial charge in [-0.2, -0.15) is 0 Å². The molecular weight excluding hydrogens is 284 g/mol. The van der Waals surface area contributed by atoms with Gasteiger partial charge in [0.15, 0.2) is 5.60 Å². The van der Waals surface area contributed by atoms with E-state index in [1.165, 1.54) is 0 Å². The van der Waals surface area contributed by atoms with Gasteiger partial charge in [0.2, 0.25) is 0 Å². The second kappa shape index (κ2) is 5.99. The van der Waals surface area contributed by atoms with E-state index in [1.54, 1.807) is 40.0 Å². The highest BCUT2D eigenvalue weighted by atomic mass is 16.6. The van der Waals surface area contributed by atoms with E-state index in [-0.39, 0.29) is 25.0 Å². The summed E-state index contributed by atoms with van der Waals surface area (Å²) in [6.07, 6.45) is 0.735. The maximum atomic E-state index is 12.4. The van der Waals surface area contributed by atoms with Gasteiger partial charge in [0.1, 0.15) is 11.2 Å². The van der Waals surface area contributed by atoms with Crippen LogP contribution in [0, 0.1) is 5.41 Å². The molecule has 0 unspecified atom stereocenters. The standard InChI is InChI=1S/C17H22O5/c1-5-21-15(19)16(2,3)17(11-10-14(18)22-17)12-6-8-13(20-4)9-7-12/h6-9H,5,10-11H2,1-4H3/t17-/m0/s1. The molecule has 1 aromatic rings. The molecule has 0 saturated carbocycles. The number of methoxy groups -OCH3 is 1. The van der Waals surface area contributed by atoms with Crippen LogP contribution in [0.5, 0.6) is 5.75 Å². The van der Waals surface area contributed by atoms with E-state index >= 15 is 0 Å². The van der Waals surface area contributed by atoms with Crippen LogP contribution in [0.15, 0.2) is 24.3 Å². The van der Waals surface area contributed by atoms with Crippen molar-refractivity contribution < 1.29 is 23.8 Å². The molecule has 1 aliphatic heterocycles. The summed E-state index contributed by atoms with van der Waals surface area (Å²) in [5.41, 5.74) is -1.22. The van der Waals surface area contributed by atoms with Crippen molar-refractivity contribution in [2.24, 2.45) is 5.41 Å². The first-order valence-corrected chi connectivity index (χ1v) is 7.41. The van der Waals surface area contributed by atoms with Crippen LogP contribution in [0.4, 0.5) is 0 Å². The fourth-order valence-electron chi connectivity index (χ4n) is 2.92. The van der Waals surface area contributed by atoms with Gasteiger partial charge in [0, 0.05) is 12.8 Å². The number of hydrogen-bond acceptors (Lipinski definition) is 5. The molecule has 1 fully saturated rings. The van der Waals surface area contributed by atoms with Crippen LogP contribution in [0.3, 0.4) is 0 Å². The molecule has 22 heavy (non-hydrogen) atoms. The van der Waals surface area contributed by atoms with Crippen LogP contribution in [-0.2, 0) is 24.7 Å². The Morgan fingerprint density at radius 1 is 1.32 bits per heavy atom. The SMILES string of the molecule is CCOC(=O)C(C)(C)[C@@]1(c2ccc(OC)cc2)CCC(=O)O1. The number of carbonyl (C=O) groups excluding carboxylic acids is 2. The summed E-state index contributed by atoms with van der Waals surface area (Å²) in [5, 5.41) is 0. The van der Waals surface area contributed by atoms with E-state index in [0.29, 0.717) is 12.2 Å². The van der Waals surface area contributed by atoms with Gasteiger partial charge in [-0.15, -0.1) is 0 Å². The first-order chi connectivity index (χ1) is 10.4.